The van der Waals surface area contributed by atoms with E-state index in [1.807, 2.05) is 26.0 Å². The number of halogens is 1. The maximum atomic E-state index is 11.7. The molecule has 0 aliphatic rings. The largest absolute Gasteiger partial charge is 0.346 e. The molecule has 0 aliphatic heterocycles. The summed E-state index contributed by atoms with van der Waals surface area (Å²) in [6.45, 7) is 4.46. The van der Waals surface area contributed by atoms with Gasteiger partial charge in [-0.3, -0.25) is 4.79 Å². The van der Waals surface area contributed by atoms with Gasteiger partial charge in [-0.15, -0.1) is 11.3 Å². The lowest BCUT2D eigenvalue weighted by Crippen LogP contribution is -2.20. The summed E-state index contributed by atoms with van der Waals surface area (Å²) in [4.78, 5) is 17.3. The van der Waals surface area contributed by atoms with Gasteiger partial charge in [-0.1, -0.05) is 23.7 Å². The van der Waals surface area contributed by atoms with E-state index in [1.165, 1.54) is 11.0 Å². The quantitative estimate of drug-likeness (QED) is 0.874. The number of hydrogen-bond donors (Lipinski definition) is 1. The monoisotopic (exact) mass is 306 g/mol. The summed E-state index contributed by atoms with van der Waals surface area (Å²) in [6, 6.07) is 7.31. The van der Waals surface area contributed by atoms with Crippen molar-refractivity contribution >= 4 is 34.9 Å². The highest BCUT2D eigenvalue weighted by atomic mass is 35.5. The summed E-state index contributed by atoms with van der Waals surface area (Å²) in [5.41, 5.74) is 1.96. The van der Waals surface area contributed by atoms with Crippen LogP contribution in [0, 0.1) is 13.8 Å². The lowest BCUT2D eigenvalue weighted by Gasteiger charge is -1.98. The second-order valence-electron chi connectivity index (χ2n) is 4.35. The molecular weight excluding hydrogens is 292 g/mol. The highest BCUT2D eigenvalue weighted by molar-refractivity contribution is 7.11. The Morgan fingerprint density at radius 1 is 1.35 bits per heavy atom. The number of amides is 1. The van der Waals surface area contributed by atoms with Crippen LogP contribution in [0.1, 0.15) is 21.1 Å². The van der Waals surface area contributed by atoms with Crippen molar-refractivity contribution in [3.63, 3.8) is 0 Å². The van der Waals surface area contributed by atoms with Crippen LogP contribution in [-0.4, -0.2) is 10.9 Å². The van der Waals surface area contributed by atoms with E-state index >= 15 is 0 Å². The van der Waals surface area contributed by atoms with E-state index in [9.17, 15) is 4.79 Å². The zero-order chi connectivity index (χ0) is 14.5. The van der Waals surface area contributed by atoms with Gasteiger partial charge < -0.3 is 5.32 Å². The Balaban J connectivity index is 1.87. The first-order valence-electron chi connectivity index (χ1n) is 6.19. The van der Waals surface area contributed by atoms with Crippen LogP contribution in [-0.2, 0) is 11.3 Å². The molecule has 1 amide bonds. The molecule has 0 unspecified atom stereocenters. The van der Waals surface area contributed by atoms with Gasteiger partial charge in [0.25, 0.3) is 0 Å². The smallest absolute Gasteiger partial charge is 0.244 e. The van der Waals surface area contributed by atoms with Gasteiger partial charge in [0, 0.05) is 16.0 Å². The molecule has 1 aromatic heterocycles. The van der Waals surface area contributed by atoms with Crippen molar-refractivity contribution < 1.29 is 4.79 Å². The van der Waals surface area contributed by atoms with Gasteiger partial charge in [-0.25, -0.2) is 4.98 Å². The van der Waals surface area contributed by atoms with Gasteiger partial charge in [0.15, 0.2) is 0 Å². The van der Waals surface area contributed by atoms with E-state index in [4.69, 9.17) is 11.6 Å². The first-order valence-corrected chi connectivity index (χ1v) is 7.38. The van der Waals surface area contributed by atoms with Gasteiger partial charge >= 0.3 is 0 Å². The molecule has 0 aliphatic carbocycles. The number of aromatic nitrogens is 1. The summed E-state index contributed by atoms with van der Waals surface area (Å²) in [6.07, 6.45) is 3.26. The number of benzene rings is 1. The second kappa shape index (κ2) is 6.68. The Kier molecular flexibility index (Phi) is 4.93. The first kappa shape index (κ1) is 14.8. The number of nitrogens with zero attached hydrogens (tertiary/aromatic N) is 1. The first-order chi connectivity index (χ1) is 9.54. The highest BCUT2D eigenvalue weighted by Gasteiger charge is 2.04. The molecule has 0 atom stereocenters. The van der Waals surface area contributed by atoms with E-state index in [1.54, 1.807) is 29.5 Å². The fourth-order valence-corrected chi connectivity index (χ4v) is 2.58. The molecular formula is C15H15ClN2OS. The van der Waals surface area contributed by atoms with Gasteiger partial charge in [0.2, 0.25) is 5.91 Å². The van der Waals surface area contributed by atoms with Gasteiger partial charge in [-0.2, -0.15) is 0 Å². The minimum atomic E-state index is -0.134. The number of aryl methyl sites for hydroxylation is 2. The van der Waals surface area contributed by atoms with Crippen molar-refractivity contribution in [3.8, 4) is 0 Å². The molecule has 0 spiro atoms. The number of rotatable bonds is 4. The van der Waals surface area contributed by atoms with Crippen LogP contribution >= 0.6 is 22.9 Å². The predicted octanol–water partition coefficient (Wildman–Crippen LogP) is 3.74. The number of carbonyl (C=O) groups is 1. The normalized spacial score (nSPS) is 10.9. The van der Waals surface area contributed by atoms with E-state index in [0.717, 1.165) is 16.3 Å². The zero-order valence-electron chi connectivity index (χ0n) is 11.3. The molecule has 0 fully saturated rings. The molecule has 104 valence electrons. The van der Waals surface area contributed by atoms with Crippen molar-refractivity contribution in [1.82, 2.24) is 10.3 Å². The molecule has 2 aromatic rings. The molecule has 2 rings (SSSR count). The third-order valence-electron chi connectivity index (χ3n) is 2.78. The second-order valence-corrected chi connectivity index (χ2v) is 6.08. The van der Waals surface area contributed by atoms with E-state index < -0.39 is 0 Å². The Morgan fingerprint density at radius 3 is 2.65 bits per heavy atom. The highest BCUT2D eigenvalue weighted by Crippen LogP contribution is 2.16. The lowest BCUT2D eigenvalue weighted by molar-refractivity contribution is -0.116. The van der Waals surface area contributed by atoms with Crippen LogP contribution < -0.4 is 5.32 Å². The maximum Gasteiger partial charge on any atom is 0.244 e. The van der Waals surface area contributed by atoms with Crippen molar-refractivity contribution in [2.45, 2.75) is 20.4 Å². The number of thiazole rings is 1. The molecule has 0 saturated carbocycles. The average Bonchev–Trinajstić information content (AvgIpc) is 2.75. The lowest BCUT2D eigenvalue weighted by atomic mass is 10.2. The topological polar surface area (TPSA) is 42.0 Å². The third-order valence-corrected chi connectivity index (χ3v) is 4.11. The van der Waals surface area contributed by atoms with E-state index in [-0.39, 0.29) is 5.91 Å². The van der Waals surface area contributed by atoms with Crippen molar-refractivity contribution in [3.05, 3.63) is 56.5 Å². The molecule has 20 heavy (non-hydrogen) atoms. The van der Waals surface area contributed by atoms with Gasteiger partial charge in [-0.05, 0) is 37.6 Å². The Morgan fingerprint density at radius 2 is 2.05 bits per heavy atom. The molecule has 1 heterocycles. The van der Waals surface area contributed by atoms with Crippen molar-refractivity contribution in [2.24, 2.45) is 0 Å². The van der Waals surface area contributed by atoms with Crippen molar-refractivity contribution in [2.75, 3.05) is 0 Å². The third kappa shape index (κ3) is 4.18. The summed E-state index contributed by atoms with van der Waals surface area (Å²) >= 11 is 7.41. The molecule has 5 heteroatoms. The van der Waals surface area contributed by atoms with Crippen LogP contribution in [0.15, 0.2) is 30.3 Å². The van der Waals surface area contributed by atoms with Crippen LogP contribution in [0.4, 0.5) is 0 Å². The Labute approximate surface area is 127 Å². The van der Waals surface area contributed by atoms with Crippen LogP contribution in [0.5, 0.6) is 0 Å². The molecule has 0 bridgehead atoms. The van der Waals surface area contributed by atoms with Gasteiger partial charge in [0.1, 0.15) is 5.01 Å². The maximum absolute atomic E-state index is 11.7. The number of hydrogen-bond acceptors (Lipinski definition) is 3. The molecule has 0 saturated heterocycles. The van der Waals surface area contributed by atoms with Crippen molar-refractivity contribution in [1.29, 1.82) is 0 Å². The fourth-order valence-electron chi connectivity index (χ4n) is 1.58. The Hall–Kier alpha value is -1.65. The summed E-state index contributed by atoms with van der Waals surface area (Å²) in [5, 5.41) is 4.42. The summed E-state index contributed by atoms with van der Waals surface area (Å²) in [7, 11) is 0. The van der Waals surface area contributed by atoms with Crippen LogP contribution in [0.2, 0.25) is 5.02 Å². The number of nitrogens with one attached hydrogen (secondary N) is 1. The minimum Gasteiger partial charge on any atom is -0.346 e. The molecule has 1 aromatic carbocycles. The van der Waals surface area contributed by atoms with E-state index in [2.05, 4.69) is 10.3 Å². The molecule has 0 radical (unpaired) electrons. The van der Waals surface area contributed by atoms with E-state index in [0.29, 0.717) is 11.6 Å². The molecule has 1 N–H and O–H groups in total. The average molecular weight is 307 g/mol. The Bertz CT molecular complexity index is 612. The van der Waals surface area contributed by atoms with Crippen LogP contribution in [0.25, 0.3) is 6.08 Å². The van der Waals surface area contributed by atoms with Crippen LogP contribution in [0.3, 0.4) is 0 Å². The fraction of sp³-hybridized carbons (Fsp3) is 0.200. The standard InChI is InChI=1S/C15H15ClN2OS/c1-10-11(2)20-15(18-10)9-17-14(19)8-5-12-3-6-13(16)7-4-12/h3-8H,9H2,1-2H3,(H,17,19)/b8-5+. The minimum absolute atomic E-state index is 0.134. The summed E-state index contributed by atoms with van der Waals surface area (Å²) in [5.74, 6) is -0.134. The molecule has 3 nitrogen and oxygen atoms in total. The number of carbonyl (C=O) groups excluding carboxylic acids is 1. The SMILES string of the molecule is Cc1nc(CNC(=O)/C=C/c2ccc(Cl)cc2)sc1C. The summed E-state index contributed by atoms with van der Waals surface area (Å²) < 4.78 is 0. The zero-order valence-corrected chi connectivity index (χ0v) is 12.9. The van der Waals surface area contributed by atoms with Gasteiger partial charge in [0.05, 0.1) is 12.2 Å². The predicted molar refractivity (Wildman–Crippen MR) is 83.9 cm³/mol.